The minimum atomic E-state index is 0. The van der Waals surface area contributed by atoms with E-state index < -0.39 is 0 Å². The zero-order chi connectivity index (χ0) is 7.66. The summed E-state index contributed by atoms with van der Waals surface area (Å²) in [6.45, 7) is 2.60. The molecule has 11 heavy (non-hydrogen) atoms. The van der Waals surface area contributed by atoms with Crippen molar-refractivity contribution in [3.63, 3.8) is 0 Å². The molecule has 0 unspecified atom stereocenters. The number of aliphatic hydroxyl groups is 1. The van der Waals surface area contributed by atoms with Crippen LogP contribution in [0.1, 0.15) is 51.9 Å². The first-order valence-electron chi connectivity index (χ1n) is 4.52. The fourth-order valence-corrected chi connectivity index (χ4v) is 1.07. The molecule has 0 rings (SSSR count). The Labute approximate surface area is 89.4 Å². The topological polar surface area (TPSA) is 20.2 Å². The molecule has 0 atom stereocenters. The summed E-state index contributed by atoms with van der Waals surface area (Å²) in [7, 11) is 0. The number of unbranched alkanes of at least 4 members (excludes halogenated alkanes) is 6. The maximum Gasteiger partial charge on any atom is 0.0431 e. The van der Waals surface area contributed by atoms with Gasteiger partial charge >= 0.3 is 0 Å². The monoisotopic (exact) mass is 324 g/mol. The molecular formula is C9H20HfO. The molecular weight excluding hydrogens is 303 g/mol. The van der Waals surface area contributed by atoms with Gasteiger partial charge in [0, 0.05) is 32.5 Å². The Hall–Kier alpha value is 0.830. The van der Waals surface area contributed by atoms with Crippen molar-refractivity contribution in [1.82, 2.24) is 0 Å². The van der Waals surface area contributed by atoms with Crippen LogP contribution in [-0.4, -0.2) is 11.7 Å². The summed E-state index contributed by atoms with van der Waals surface area (Å²) in [6.07, 6.45) is 8.93. The van der Waals surface area contributed by atoms with E-state index in [4.69, 9.17) is 5.11 Å². The van der Waals surface area contributed by atoms with E-state index in [-0.39, 0.29) is 25.8 Å². The van der Waals surface area contributed by atoms with Gasteiger partial charge in [-0.05, 0) is 6.42 Å². The van der Waals surface area contributed by atoms with Crippen LogP contribution in [0.15, 0.2) is 0 Å². The molecule has 0 aromatic heterocycles. The predicted molar refractivity (Wildman–Crippen MR) is 45.1 cm³/mol. The molecule has 0 aromatic rings. The molecule has 0 spiro atoms. The van der Waals surface area contributed by atoms with Gasteiger partial charge in [-0.15, -0.1) is 0 Å². The molecule has 0 saturated carbocycles. The fraction of sp³-hybridized carbons (Fsp3) is 1.00. The zero-order valence-electron chi connectivity index (χ0n) is 7.60. The van der Waals surface area contributed by atoms with Crippen molar-refractivity contribution in [3.05, 3.63) is 0 Å². The van der Waals surface area contributed by atoms with Crippen molar-refractivity contribution in [2.75, 3.05) is 6.61 Å². The molecule has 1 N–H and O–H groups in total. The average Bonchev–Trinajstić information content (AvgIpc) is 1.97. The van der Waals surface area contributed by atoms with Gasteiger partial charge in [-0.3, -0.25) is 0 Å². The van der Waals surface area contributed by atoms with Crippen LogP contribution in [0, 0.1) is 0 Å². The number of aliphatic hydroxyl groups excluding tert-OH is 1. The van der Waals surface area contributed by atoms with Gasteiger partial charge in [0.2, 0.25) is 0 Å². The van der Waals surface area contributed by atoms with Crippen LogP contribution in [0.2, 0.25) is 0 Å². The molecule has 0 aliphatic carbocycles. The summed E-state index contributed by atoms with van der Waals surface area (Å²) >= 11 is 0. The molecule has 0 amide bonds. The average molecular weight is 323 g/mol. The van der Waals surface area contributed by atoms with Crippen LogP contribution in [0.5, 0.6) is 0 Å². The minimum absolute atomic E-state index is 0. The number of hydrogen-bond donors (Lipinski definition) is 1. The van der Waals surface area contributed by atoms with Crippen LogP contribution in [0.3, 0.4) is 0 Å². The van der Waals surface area contributed by atoms with E-state index in [1.54, 1.807) is 0 Å². The molecule has 0 aromatic carbocycles. The fourth-order valence-electron chi connectivity index (χ4n) is 1.07. The summed E-state index contributed by atoms with van der Waals surface area (Å²) in [5, 5.41) is 8.47. The third-order valence-electron chi connectivity index (χ3n) is 1.76. The van der Waals surface area contributed by atoms with Crippen molar-refractivity contribution in [3.8, 4) is 0 Å². The molecule has 66 valence electrons. The normalized spacial score (nSPS) is 9.27. The van der Waals surface area contributed by atoms with Gasteiger partial charge < -0.3 is 5.11 Å². The summed E-state index contributed by atoms with van der Waals surface area (Å²) in [6, 6.07) is 0. The summed E-state index contributed by atoms with van der Waals surface area (Å²) < 4.78 is 0. The Kier molecular flexibility index (Phi) is 17.5. The standard InChI is InChI=1S/C9H20O.Hf/c1-2-3-4-5-6-7-8-9-10;/h10H,2-9H2,1H3;. The first-order chi connectivity index (χ1) is 4.91. The van der Waals surface area contributed by atoms with Crippen molar-refractivity contribution in [2.45, 2.75) is 51.9 Å². The predicted octanol–water partition coefficient (Wildman–Crippen LogP) is 2.73. The minimum Gasteiger partial charge on any atom is -0.396 e. The van der Waals surface area contributed by atoms with Crippen LogP contribution in [0.4, 0.5) is 0 Å². The Balaban J connectivity index is 0. The van der Waals surface area contributed by atoms with E-state index >= 15 is 0 Å². The Morgan fingerprint density at radius 1 is 0.818 bits per heavy atom. The van der Waals surface area contributed by atoms with E-state index in [0.29, 0.717) is 6.61 Å². The molecule has 0 bridgehead atoms. The summed E-state index contributed by atoms with van der Waals surface area (Å²) in [4.78, 5) is 0. The van der Waals surface area contributed by atoms with E-state index in [1.165, 1.54) is 38.5 Å². The van der Waals surface area contributed by atoms with Crippen LogP contribution < -0.4 is 0 Å². The smallest absolute Gasteiger partial charge is 0.0431 e. The maximum absolute atomic E-state index is 8.47. The van der Waals surface area contributed by atoms with Gasteiger partial charge in [-0.1, -0.05) is 45.4 Å². The van der Waals surface area contributed by atoms with Gasteiger partial charge in [0.1, 0.15) is 0 Å². The number of rotatable bonds is 7. The molecule has 1 nitrogen and oxygen atoms in total. The van der Waals surface area contributed by atoms with Crippen LogP contribution in [-0.2, 0) is 25.8 Å². The molecule has 0 heterocycles. The molecule has 0 aliphatic heterocycles. The maximum atomic E-state index is 8.47. The quantitative estimate of drug-likeness (QED) is 0.564. The largest absolute Gasteiger partial charge is 0.396 e. The SMILES string of the molecule is CCCCCCCCCO.[Hf]. The van der Waals surface area contributed by atoms with Gasteiger partial charge in [-0.2, -0.15) is 0 Å². The van der Waals surface area contributed by atoms with E-state index in [1.807, 2.05) is 0 Å². The second kappa shape index (κ2) is 13.4. The summed E-state index contributed by atoms with van der Waals surface area (Å²) in [5.41, 5.74) is 0. The Bertz CT molecular complexity index is 49.5. The molecule has 2 heteroatoms. The van der Waals surface area contributed by atoms with Gasteiger partial charge in [0.15, 0.2) is 0 Å². The Morgan fingerprint density at radius 2 is 1.27 bits per heavy atom. The first kappa shape index (κ1) is 14.4. The third-order valence-corrected chi connectivity index (χ3v) is 1.76. The second-order valence-electron chi connectivity index (χ2n) is 2.84. The summed E-state index contributed by atoms with van der Waals surface area (Å²) in [5.74, 6) is 0. The van der Waals surface area contributed by atoms with Gasteiger partial charge in [0.05, 0.1) is 0 Å². The third kappa shape index (κ3) is 13.8. The van der Waals surface area contributed by atoms with Crippen molar-refractivity contribution in [1.29, 1.82) is 0 Å². The van der Waals surface area contributed by atoms with Crippen LogP contribution in [0.25, 0.3) is 0 Å². The number of hydrogen-bond acceptors (Lipinski definition) is 1. The van der Waals surface area contributed by atoms with E-state index in [9.17, 15) is 0 Å². The van der Waals surface area contributed by atoms with Gasteiger partial charge in [-0.25, -0.2) is 0 Å². The second-order valence-corrected chi connectivity index (χ2v) is 2.84. The molecule has 0 saturated heterocycles. The van der Waals surface area contributed by atoms with Crippen molar-refractivity contribution in [2.24, 2.45) is 0 Å². The Morgan fingerprint density at radius 3 is 1.73 bits per heavy atom. The molecule has 0 fully saturated rings. The van der Waals surface area contributed by atoms with Crippen molar-refractivity contribution < 1.29 is 30.9 Å². The van der Waals surface area contributed by atoms with E-state index in [2.05, 4.69) is 6.92 Å². The zero-order valence-corrected chi connectivity index (χ0v) is 11.2. The van der Waals surface area contributed by atoms with Crippen molar-refractivity contribution >= 4 is 0 Å². The molecule has 0 aliphatic rings. The molecule has 0 radical (unpaired) electrons. The van der Waals surface area contributed by atoms with Crippen LogP contribution >= 0.6 is 0 Å². The van der Waals surface area contributed by atoms with Gasteiger partial charge in [0.25, 0.3) is 0 Å². The first-order valence-corrected chi connectivity index (χ1v) is 4.52. The van der Waals surface area contributed by atoms with E-state index in [0.717, 1.165) is 6.42 Å².